The predicted molar refractivity (Wildman–Crippen MR) is 145 cm³/mol. The van der Waals surface area contributed by atoms with E-state index in [0.717, 1.165) is 53.0 Å². The van der Waals surface area contributed by atoms with Crippen molar-refractivity contribution in [3.63, 3.8) is 0 Å². The monoisotopic (exact) mass is 562 g/mol. The Kier molecular flexibility index (Phi) is 9.74. The molecule has 6 nitrogen and oxygen atoms in total. The number of halogens is 3. The summed E-state index contributed by atoms with van der Waals surface area (Å²) in [6.45, 7) is 2.19. The van der Waals surface area contributed by atoms with E-state index in [4.69, 9.17) is 4.74 Å². The number of aliphatic carboxylic acids is 1. The van der Waals surface area contributed by atoms with Crippen molar-refractivity contribution in [3.8, 4) is 5.75 Å². The number of thioether (sulfide) groups is 1. The van der Waals surface area contributed by atoms with E-state index in [2.05, 4.69) is 9.88 Å². The van der Waals surface area contributed by atoms with Crippen LogP contribution in [0.1, 0.15) is 42.9 Å². The number of hydrogen-bond acceptors (Lipinski definition) is 6. The molecule has 1 aliphatic rings. The molecule has 0 saturated carbocycles. The Hall–Kier alpha value is -2.82. The molecule has 39 heavy (non-hydrogen) atoms. The van der Waals surface area contributed by atoms with Crippen molar-refractivity contribution in [2.75, 3.05) is 32.5 Å². The number of aliphatic hydroxyl groups is 1. The summed E-state index contributed by atoms with van der Waals surface area (Å²) in [5.41, 5.74) is 0.900. The molecule has 1 fully saturated rings. The van der Waals surface area contributed by atoms with E-state index >= 15 is 0 Å². The Morgan fingerprint density at radius 2 is 1.95 bits per heavy atom. The third kappa shape index (κ3) is 7.86. The molecule has 2 N–H and O–H groups in total. The SMILES string of the molecule is COc1ccc2nccc([C@@H](O)CC[C@@H]3CCN(CCSc4ccc(C(F)(F)F)cc4)C[C@@H]3CC(=O)O)c2c1. The van der Waals surface area contributed by atoms with Crippen molar-refractivity contribution in [1.29, 1.82) is 0 Å². The van der Waals surface area contributed by atoms with E-state index in [9.17, 15) is 28.2 Å². The Labute approximate surface area is 230 Å². The fourth-order valence-corrected chi connectivity index (χ4v) is 6.23. The number of pyridine rings is 1. The van der Waals surface area contributed by atoms with Crippen LogP contribution < -0.4 is 4.74 Å². The number of carboxylic acid groups (broad SMARTS) is 1. The van der Waals surface area contributed by atoms with Crippen LogP contribution in [0.25, 0.3) is 10.9 Å². The van der Waals surface area contributed by atoms with Crippen LogP contribution in [0.3, 0.4) is 0 Å². The van der Waals surface area contributed by atoms with E-state index < -0.39 is 23.8 Å². The number of nitrogens with zero attached hydrogens (tertiary/aromatic N) is 2. The first kappa shape index (κ1) is 29.2. The topological polar surface area (TPSA) is 82.9 Å². The summed E-state index contributed by atoms with van der Waals surface area (Å²) in [6, 6.07) is 12.5. The zero-order chi connectivity index (χ0) is 28.0. The molecule has 4 rings (SSSR count). The Morgan fingerprint density at radius 3 is 2.64 bits per heavy atom. The highest BCUT2D eigenvalue weighted by atomic mass is 32.2. The second-order valence-electron chi connectivity index (χ2n) is 9.95. The Balaban J connectivity index is 1.32. The molecule has 10 heteroatoms. The maximum atomic E-state index is 12.8. The van der Waals surface area contributed by atoms with Gasteiger partial charge in [0.05, 0.1) is 24.3 Å². The van der Waals surface area contributed by atoms with Crippen molar-refractivity contribution in [1.82, 2.24) is 9.88 Å². The van der Waals surface area contributed by atoms with Crippen molar-refractivity contribution in [3.05, 3.63) is 65.9 Å². The molecule has 2 heterocycles. The lowest BCUT2D eigenvalue weighted by Gasteiger charge is -2.38. The van der Waals surface area contributed by atoms with E-state index in [1.165, 1.54) is 23.9 Å². The van der Waals surface area contributed by atoms with Gasteiger partial charge in [0.25, 0.3) is 0 Å². The van der Waals surface area contributed by atoms with E-state index in [0.29, 0.717) is 30.9 Å². The molecule has 0 amide bonds. The molecule has 0 unspecified atom stereocenters. The molecular formula is C29H33F3N2O4S. The van der Waals surface area contributed by atoms with Gasteiger partial charge < -0.3 is 19.8 Å². The fourth-order valence-electron chi connectivity index (χ4n) is 5.32. The van der Waals surface area contributed by atoms with Crippen molar-refractivity contribution in [2.45, 2.75) is 42.9 Å². The molecule has 1 aliphatic heterocycles. The van der Waals surface area contributed by atoms with Crippen molar-refractivity contribution < 1.29 is 32.9 Å². The van der Waals surface area contributed by atoms with Gasteiger partial charge in [-0.3, -0.25) is 9.78 Å². The molecule has 3 aromatic rings. The number of aliphatic hydroxyl groups excluding tert-OH is 1. The zero-order valence-electron chi connectivity index (χ0n) is 21.7. The van der Waals surface area contributed by atoms with Gasteiger partial charge >= 0.3 is 12.1 Å². The predicted octanol–water partition coefficient (Wildman–Crippen LogP) is 6.28. The van der Waals surface area contributed by atoms with Gasteiger partial charge in [-0.05, 0) is 91.7 Å². The number of benzene rings is 2. The van der Waals surface area contributed by atoms with Gasteiger partial charge in [0, 0.05) is 41.7 Å². The molecule has 0 radical (unpaired) electrons. The summed E-state index contributed by atoms with van der Waals surface area (Å²) in [4.78, 5) is 19.0. The van der Waals surface area contributed by atoms with Gasteiger partial charge in [0.15, 0.2) is 0 Å². The highest BCUT2D eigenvalue weighted by Gasteiger charge is 2.32. The lowest BCUT2D eigenvalue weighted by atomic mass is 9.79. The van der Waals surface area contributed by atoms with Crippen molar-refractivity contribution >= 4 is 28.6 Å². The van der Waals surface area contributed by atoms with E-state index in [1.54, 1.807) is 13.3 Å². The third-order valence-corrected chi connectivity index (χ3v) is 8.41. The highest BCUT2D eigenvalue weighted by molar-refractivity contribution is 7.99. The van der Waals surface area contributed by atoms with E-state index in [-0.39, 0.29) is 18.3 Å². The number of methoxy groups -OCH3 is 1. The largest absolute Gasteiger partial charge is 0.497 e. The lowest BCUT2D eigenvalue weighted by molar-refractivity contribution is -0.139. The summed E-state index contributed by atoms with van der Waals surface area (Å²) >= 11 is 1.49. The highest BCUT2D eigenvalue weighted by Crippen LogP contribution is 2.35. The van der Waals surface area contributed by atoms with Crippen LogP contribution in [0.5, 0.6) is 5.75 Å². The Bertz CT molecular complexity index is 1260. The van der Waals surface area contributed by atoms with Gasteiger partial charge in [-0.25, -0.2) is 0 Å². The van der Waals surface area contributed by atoms with Gasteiger partial charge in [0.2, 0.25) is 0 Å². The molecule has 1 aromatic heterocycles. The molecule has 0 bridgehead atoms. The second kappa shape index (κ2) is 13.0. The summed E-state index contributed by atoms with van der Waals surface area (Å²) in [5, 5.41) is 21.4. The normalized spacial score (nSPS) is 19.2. The fraction of sp³-hybridized carbons (Fsp3) is 0.448. The van der Waals surface area contributed by atoms with Crippen LogP contribution in [0, 0.1) is 11.8 Å². The number of carboxylic acids is 1. The number of ether oxygens (including phenoxy) is 1. The number of hydrogen-bond donors (Lipinski definition) is 2. The maximum Gasteiger partial charge on any atom is 0.416 e. The average molecular weight is 563 g/mol. The summed E-state index contributed by atoms with van der Waals surface area (Å²) in [6.07, 6.45) is -1.24. The van der Waals surface area contributed by atoms with Gasteiger partial charge in [0.1, 0.15) is 5.75 Å². The summed E-state index contributed by atoms with van der Waals surface area (Å²) < 4.78 is 43.6. The second-order valence-corrected chi connectivity index (χ2v) is 11.1. The Morgan fingerprint density at radius 1 is 1.18 bits per heavy atom. The standard InChI is InChI=1S/C29H33F3N2O4S/c1-38-22-5-8-26-25(17-22)24(10-12-33-26)27(35)9-2-19-11-13-34(18-20(19)16-28(36)37)14-15-39-23-6-3-21(4-7-23)29(30,31)32/h3-8,10,12,17,19-20,27,35H,2,9,11,13-16,18H2,1H3,(H,36,37)/t19-,20+,27+/m1/s1. The molecule has 1 saturated heterocycles. The first-order valence-corrected chi connectivity index (χ1v) is 14.0. The minimum Gasteiger partial charge on any atom is -0.497 e. The van der Waals surface area contributed by atoms with Gasteiger partial charge in [-0.2, -0.15) is 13.2 Å². The van der Waals surface area contributed by atoms with Crippen LogP contribution in [0.2, 0.25) is 0 Å². The number of likely N-dealkylation sites (tertiary alicyclic amines) is 1. The summed E-state index contributed by atoms with van der Waals surface area (Å²) in [7, 11) is 1.59. The van der Waals surface area contributed by atoms with Crippen LogP contribution >= 0.6 is 11.8 Å². The van der Waals surface area contributed by atoms with Gasteiger partial charge in [-0.1, -0.05) is 0 Å². The first-order valence-electron chi connectivity index (χ1n) is 13.0. The van der Waals surface area contributed by atoms with Crippen LogP contribution in [-0.2, 0) is 11.0 Å². The number of rotatable bonds is 11. The number of fused-ring (bicyclic) bond motifs is 1. The minimum atomic E-state index is -4.34. The molecule has 210 valence electrons. The van der Waals surface area contributed by atoms with Crippen LogP contribution in [0.15, 0.2) is 59.6 Å². The van der Waals surface area contributed by atoms with Crippen LogP contribution in [-0.4, -0.2) is 58.6 Å². The number of carbonyl (C=O) groups is 1. The van der Waals surface area contributed by atoms with Crippen LogP contribution in [0.4, 0.5) is 13.2 Å². The zero-order valence-corrected chi connectivity index (χ0v) is 22.5. The minimum absolute atomic E-state index is 0.0335. The number of aromatic nitrogens is 1. The lowest BCUT2D eigenvalue weighted by Crippen LogP contribution is -2.42. The molecule has 0 spiro atoms. The molecule has 3 atom stereocenters. The third-order valence-electron chi connectivity index (χ3n) is 7.42. The molecule has 0 aliphatic carbocycles. The van der Waals surface area contributed by atoms with E-state index in [1.807, 2.05) is 24.3 Å². The van der Waals surface area contributed by atoms with Gasteiger partial charge in [-0.15, -0.1) is 11.8 Å². The summed E-state index contributed by atoms with van der Waals surface area (Å²) in [5.74, 6) is 0.701. The quantitative estimate of drug-likeness (QED) is 0.266. The van der Waals surface area contributed by atoms with Crippen molar-refractivity contribution in [2.24, 2.45) is 11.8 Å². The smallest absolute Gasteiger partial charge is 0.416 e. The number of piperidine rings is 1. The molecular weight excluding hydrogens is 529 g/mol. The molecule has 2 aromatic carbocycles. The average Bonchev–Trinajstić information content (AvgIpc) is 2.91. The number of alkyl halides is 3. The first-order chi connectivity index (χ1) is 18.6. The maximum absolute atomic E-state index is 12.8.